The first-order valence-electron chi connectivity index (χ1n) is 5.07. The van der Waals surface area contributed by atoms with Crippen LogP contribution in [0.2, 0.25) is 0 Å². The van der Waals surface area contributed by atoms with Crippen LogP contribution in [0.5, 0.6) is 0 Å². The zero-order valence-corrected chi connectivity index (χ0v) is 10.7. The molecule has 92 valence electrons. The van der Waals surface area contributed by atoms with Crippen molar-refractivity contribution in [1.82, 2.24) is 0 Å². The summed E-state index contributed by atoms with van der Waals surface area (Å²) in [7, 11) is 0. The van der Waals surface area contributed by atoms with Gasteiger partial charge in [0.15, 0.2) is 10.6 Å². The van der Waals surface area contributed by atoms with Gasteiger partial charge < -0.3 is 0 Å². The highest BCUT2D eigenvalue weighted by Crippen LogP contribution is 2.23. The van der Waals surface area contributed by atoms with Gasteiger partial charge in [-0.1, -0.05) is 48.7 Å². The number of carbonyl (C=O) groups is 1. The van der Waals surface area contributed by atoms with Crippen molar-refractivity contribution in [2.75, 3.05) is 0 Å². The number of ketones is 1. The Morgan fingerprint density at radius 2 is 2.12 bits per heavy atom. The fourth-order valence-corrected chi connectivity index (χ4v) is 1.75. The number of halogens is 2. The van der Waals surface area contributed by atoms with E-state index in [1.165, 1.54) is 12.1 Å². The number of alkyl halides is 2. The first kappa shape index (κ1) is 13.9. The highest BCUT2D eigenvalue weighted by atomic mass is 35.5. The number of aryl methyl sites for hydroxylation is 1. The van der Waals surface area contributed by atoms with Gasteiger partial charge in [0.05, 0.1) is 4.92 Å². The van der Waals surface area contributed by atoms with Gasteiger partial charge in [-0.3, -0.25) is 14.9 Å². The number of rotatable bonds is 5. The van der Waals surface area contributed by atoms with Crippen molar-refractivity contribution in [2.24, 2.45) is 0 Å². The summed E-state index contributed by atoms with van der Waals surface area (Å²) in [6.45, 7) is 1.93. The molecule has 0 saturated carbocycles. The van der Waals surface area contributed by atoms with Gasteiger partial charge in [-0.15, -0.1) is 0 Å². The van der Waals surface area contributed by atoms with Crippen molar-refractivity contribution in [1.29, 1.82) is 0 Å². The number of nitro groups is 1. The highest BCUT2D eigenvalue weighted by Gasteiger charge is 2.20. The molecule has 0 aliphatic carbocycles. The van der Waals surface area contributed by atoms with E-state index in [2.05, 4.69) is 0 Å². The largest absolute Gasteiger partial charge is 0.291 e. The van der Waals surface area contributed by atoms with Crippen LogP contribution >= 0.6 is 23.2 Å². The molecule has 1 rings (SSSR count). The van der Waals surface area contributed by atoms with Crippen LogP contribution in [0, 0.1) is 10.1 Å². The maximum absolute atomic E-state index is 11.5. The number of nitro benzene ring substituents is 1. The minimum Gasteiger partial charge on any atom is -0.291 e. The molecule has 0 N–H and O–H groups in total. The molecule has 0 bridgehead atoms. The average Bonchev–Trinajstić information content (AvgIpc) is 2.28. The van der Waals surface area contributed by atoms with Crippen LogP contribution in [0.15, 0.2) is 18.2 Å². The van der Waals surface area contributed by atoms with Gasteiger partial charge >= 0.3 is 0 Å². The van der Waals surface area contributed by atoms with Crippen LogP contribution in [0.4, 0.5) is 5.69 Å². The summed E-state index contributed by atoms with van der Waals surface area (Å²) in [5.41, 5.74) is 0.702. The van der Waals surface area contributed by atoms with Crippen molar-refractivity contribution in [3.8, 4) is 0 Å². The number of hydrogen-bond donors (Lipinski definition) is 0. The summed E-state index contributed by atoms with van der Waals surface area (Å²) >= 11 is 10.9. The summed E-state index contributed by atoms with van der Waals surface area (Å²) in [6.07, 6.45) is 1.39. The lowest BCUT2D eigenvalue weighted by atomic mass is 10.0. The lowest BCUT2D eigenvalue weighted by Crippen LogP contribution is -2.09. The molecule has 0 unspecified atom stereocenters. The van der Waals surface area contributed by atoms with Crippen LogP contribution in [0.25, 0.3) is 0 Å². The maximum atomic E-state index is 11.5. The molecule has 0 aliphatic heterocycles. The zero-order valence-electron chi connectivity index (χ0n) is 9.15. The average molecular weight is 276 g/mol. The van der Waals surface area contributed by atoms with Crippen LogP contribution < -0.4 is 0 Å². The predicted molar refractivity (Wildman–Crippen MR) is 66.9 cm³/mol. The third-order valence-corrected chi connectivity index (χ3v) is 2.68. The standard InChI is InChI=1S/C11H11Cl2NO3/c1-2-3-7-4-5-8(10(15)11(12)13)6-9(7)14(16)17/h4-6,11H,2-3H2,1H3. The molecule has 0 aromatic heterocycles. The fraction of sp³-hybridized carbons (Fsp3) is 0.364. The Kier molecular flexibility index (Phi) is 4.90. The second-order valence-electron chi connectivity index (χ2n) is 3.52. The fourth-order valence-electron chi connectivity index (χ4n) is 1.49. The number of carbonyl (C=O) groups excluding carboxylic acids is 1. The maximum Gasteiger partial charge on any atom is 0.273 e. The molecule has 0 amide bonds. The third kappa shape index (κ3) is 3.41. The molecule has 4 nitrogen and oxygen atoms in total. The van der Waals surface area contributed by atoms with Gasteiger partial charge in [0.25, 0.3) is 5.69 Å². The van der Waals surface area contributed by atoms with Gasteiger partial charge in [-0.25, -0.2) is 0 Å². The zero-order chi connectivity index (χ0) is 13.0. The molecule has 6 heteroatoms. The summed E-state index contributed by atoms with van der Waals surface area (Å²) in [5, 5.41) is 10.9. The lowest BCUT2D eigenvalue weighted by molar-refractivity contribution is -0.385. The first-order chi connectivity index (χ1) is 7.97. The minimum atomic E-state index is -1.20. The van der Waals surface area contributed by atoms with Crippen LogP contribution in [-0.4, -0.2) is 15.5 Å². The van der Waals surface area contributed by atoms with Crippen LogP contribution in [-0.2, 0) is 6.42 Å². The lowest BCUT2D eigenvalue weighted by Gasteiger charge is -2.05. The Labute approximate surface area is 109 Å². The van der Waals surface area contributed by atoms with Gasteiger partial charge in [0, 0.05) is 17.2 Å². The molecule has 1 aromatic carbocycles. The quantitative estimate of drug-likeness (QED) is 0.357. The van der Waals surface area contributed by atoms with Crippen LogP contribution in [0.3, 0.4) is 0 Å². The third-order valence-electron chi connectivity index (χ3n) is 2.28. The van der Waals surface area contributed by atoms with Gasteiger partial charge in [0.1, 0.15) is 0 Å². The number of Topliss-reactive ketones (excluding diaryl/α,β-unsaturated/α-hetero) is 1. The first-order valence-corrected chi connectivity index (χ1v) is 5.94. The molecular weight excluding hydrogens is 265 g/mol. The molecule has 0 saturated heterocycles. The minimum absolute atomic E-state index is 0.0633. The molecular formula is C11H11Cl2NO3. The van der Waals surface area contributed by atoms with Gasteiger partial charge in [0.2, 0.25) is 0 Å². The van der Waals surface area contributed by atoms with E-state index in [-0.39, 0.29) is 11.3 Å². The topological polar surface area (TPSA) is 60.2 Å². The number of nitrogens with zero attached hydrogens (tertiary/aromatic N) is 1. The van der Waals surface area contributed by atoms with E-state index in [0.717, 1.165) is 6.42 Å². The predicted octanol–water partition coefficient (Wildman–Crippen LogP) is 3.53. The second-order valence-corrected chi connectivity index (χ2v) is 4.61. The summed E-state index contributed by atoms with van der Waals surface area (Å²) < 4.78 is 0. The Morgan fingerprint density at radius 3 is 2.59 bits per heavy atom. The Morgan fingerprint density at radius 1 is 1.47 bits per heavy atom. The summed E-state index contributed by atoms with van der Waals surface area (Å²) in [6, 6.07) is 4.31. The molecule has 0 atom stereocenters. The Hall–Kier alpha value is -1.13. The normalized spacial score (nSPS) is 10.6. The monoisotopic (exact) mass is 275 g/mol. The van der Waals surface area contributed by atoms with Crippen molar-refractivity contribution in [3.63, 3.8) is 0 Å². The number of benzene rings is 1. The number of hydrogen-bond acceptors (Lipinski definition) is 3. The van der Waals surface area contributed by atoms with E-state index in [4.69, 9.17) is 23.2 Å². The van der Waals surface area contributed by atoms with E-state index in [9.17, 15) is 14.9 Å². The molecule has 1 aromatic rings. The van der Waals surface area contributed by atoms with Gasteiger partial charge in [-0.2, -0.15) is 0 Å². The summed E-state index contributed by atoms with van der Waals surface area (Å²) in [5.74, 6) is -0.528. The molecule has 0 radical (unpaired) electrons. The van der Waals surface area contributed by atoms with Crippen molar-refractivity contribution in [2.45, 2.75) is 24.6 Å². The smallest absolute Gasteiger partial charge is 0.273 e. The van der Waals surface area contributed by atoms with Crippen molar-refractivity contribution < 1.29 is 9.72 Å². The molecule has 17 heavy (non-hydrogen) atoms. The Balaban J connectivity index is 3.18. The highest BCUT2D eigenvalue weighted by molar-refractivity contribution is 6.55. The molecule has 0 spiro atoms. The Bertz CT molecular complexity index is 446. The van der Waals surface area contributed by atoms with E-state index in [0.29, 0.717) is 12.0 Å². The molecule has 0 aliphatic rings. The van der Waals surface area contributed by atoms with Crippen LogP contribution in [0.1, 0.15) is 29.3 Å². The van der Waals surface area contributed by atoms with Gasteiger partial charge in [-0.05, 0) is 6.42 Å². The molecule has 0 heterocycles. The van der Waals surface area contributed by atoms with E-state index >= 15 is 0 Å². The summed E-state index contributed by atoms with van der Waals surface area (Å²) in [4.78, 5) is 20.7. The van der Waals surface area contributed by atoms with E-state index < -0.39 is 15.5 Å². The van der Waals surface area contributed by atoms with E-state index in [1.807, 2.05) is 6.92 Å². The second kappa shape index (κ2) is 5.98. The van der Waals surface area contributed by atoms with Crippen molar-refractivity contribution in [3.05, 3.63) is 39.4 Å². The SMILES string of the molecule is CCCc1ccc(C(=O)C(Cl)Cl)cc1[N+](=O)[O-]. The van der Waals surface area contributed by atoms with E-state index in [1.54, 1.807) is 6.07 Å². The molecule has 0 fully saturated rings. The van der Waals surface area contributed by atoms with Crippen molar-refractivity contribution >= 4 is 34.7 Å².